The van der Waals surface area contributed by atoms with Crippen molar-refractivity contribution in [3.8, 4) is 5.75 Å². The molecule has 1 rings (SSSR count). The maximum atomic E-state index is 11.3. The minimum Gasteiger partial charge on any atom is -0.496 e. The Hall–Kier alpha value is -1.64. The van der Waals surface area contributed by atoms with Crippen molar-refractivity contribution in [1.29, 1.82) is 0 Å². The fourth-order valence-corrected chi connectivity index (χ4v) is 1.06. The van der Waals surface area contributed by atoms with Crippen LogP contribution in [0.1, 0.15) is 16.8 Å². The van der Waals surface area contributed by atoms with Crippen molar-refractivity contribution in [1.82, 2.24) is 0 Å². The van der Waals surface area contributed by atoms with Gasteiger partial charge >= 0.3 is 0 Å². The first kappa shape index (κ1) is 9.45. The molecule has 0 aliphatic rings. The quantitative estimate of drug-likeness (QED) is 0.398. The molecule has 0 aliphatic carbocycles. The van der Waals surface area contributed by atoms with Crippen LogP contribution in [0.2, 0.25) is 0 Å². The Morgan fingerprint density at radius 2 is 2.15 bits per heavy atom. The topological polar surface area (TPSA) is 43.4 Å². The van der Waals surface area contributed by atoms with Crippen LogP contribution in [-0.4, -0.2) is 19.2 Å². The highest BCUT2D eigenvalue weighted by molar-refractivity contribution is 6.04. The minimum absolute atomic E-state index is 0.0969. The van der Waals surface area contributed by atoms with Gasteiger partial charge < -0.3 is 9.53 Å². The van der Waals surface area contributed by atoms with E-state index in [1.807, 2.05) is 0 Å². The van der Waals surface area contributed by atoms with Crippen molar-refractivity contribution >= 4 is 12.1 Å². The lowest BCUT2D eigenvalue weighted by Gasteiger charge is -2.04. The number of ether oxygens (including phenoxy) is 1. The molecule has 1 aromatic carbocycles. The highest BCUT2D eigenvalue weighted by Gasteiger charge is 2.09. The summed E-state index contributed by atoms with van der Waals surface area (Å²) < 4.78 is 4.98. The molecule has 3 nitrogen and oxygen atoms in total. The lowest BCUT2D eigenvalue weighted by molar-refractivity contribution is -0.107. The Kier molecular flexibility index (Phi) is 3.20. The summed E-state index contributed by atoms with van der Waals surface area (Å²) in [5, 5.41) is 0. The third-order valence-corrected chi connectivity index (χ3v) is 1.68. The molecule has 0 N–H and O–H groups in total. The van der Waals surface area contributed by atoms with Crippen molar-refractivity contribution in [3.63, 3.8) is 0 Å². The molecule has 1 aromatic rings. The van der Waals surface area contributed by atoms with Gasteiger partial charge in [-0.15, -0.1) is 0 Å². The summed E-state index contributed by atoms with van der Waals surface area (Å²) in [6.45, 7) is 0. The van der Waals surface area contributed by atoms with Crippen LogP contribution in [0.4, 0.5) is 0 Å². The Morgan fingerprint density at radius 1 is 1.46 bits per heavy atom. The molecule has 13 heavy (non-hydrogen) atoms. The molecule has 3 heteroatoms. The number of carbonyl (C=O) groups is 2. The molecule has 0 bridgehead atoms. The van der Waals surface area contributed by atoms with Gasteiger partial charge in [0.2, 0.25) is 0 Å². The molecule has 68 valence electrons. The molecule has 0 radical (unpaired) electrons. The number of methoxy groups -OCH3 is 1. The van der Waals surface area contributed by atoms with Crippen molar-refractivity contribution in [2.45, 2.75) is 6.42 Å². The first-order chi connectivity index (χ1) is 6.29. The van der Waals surface area contributed by atoms with E-state index in [1.54, 1.807) is 24.3 Å². The van der Waals surface area contributed by atoms with Crippen LogP contribution in [0.25, 0.3) is 0 Å². The predicted molar refractivity (Wildman–Crippen MR) is 48.0 cm³/mol. The predicted octanol–water partition coefficient (Wildman–Crippen LogP) is 1.47. The number of ketones is 1. The Labute approximate surface area is 76.3 Å². The van der Waals surface area contributed by atoms with E-state index in [1.165, 1.54) is 7.11 Å². The first-order valence-electron chi connectivity index (χ1n) is 3.89. The number of Topliss-reactive ketones (excluding diaryl/α,β-unsaturated/α-hetero) is 1. The van der Waals surface area contributed by atoms with E-state index in [-0.39, 0.29) is 12.2 Å². The van der Waals surface area contributed by atoms with E-state index < -0.39 is 0 Å². The number of para-hydroxylation sites is 1. The zero-order chi connectivity index (χ0) is 9.68. The lowest BCUT2D eigenvalue weighted by Crippen LogP contribution is -2.02. The van der Waals surface area contributed by atoms with Gasteiger partial charge in [0.1, 0.15) is 12.0 Å². The molecule has 0 aromatic heterocycles. The molecule has 0 spiro atoms. The van der Waals surface area contributed by atoms with Gasteiger partial charge in [-0.05, 0) is 12.1 Å². The van der Waals surface area contributed by atoms with E-state index in [2.05, 4.69) is 0 Å². The average molecular weight is 178 g/mol. The van der Waals surface area contributed by atoms with Gasteiger partial charge in [0, 0.05) is 0 Å². The highest BCUT2D eigenvalue weighted by atomic mass is 16.5. The number of hydrogen-bond donors (Lipinski definition) is 0. The molecular weight excluding hydrogens is 168 g/mol. The summed E-state index contributed by atoms with van der Waals surface area (Å²) in [6, 6.07) is 6.85. The van der Waals surface area contributed by atoms with E-state index in [4.69, 9.17) is 4.74 Å². The smallest absolute Gasteiger partial charge is 0.173 e. The molecule has 0 amide bonds. The molecule has 0 saturated carbocycles. The van der Waals surface area contributed by atoms with E-state index in [0.717, 1.165) is 0 Å². The van der Waals surface area contributed by atoms with Gasteiger partial charge in [-0.2, -0.15) is 0 Å². The van der Waals surface area contributed by atoms with Gasteiger partial charge in [-0.3, -0.25) is 4.79 Å². The molecule has 0 saturated heterocycles. The normalized spacial score (nSPS) is 9.31. The summed E-state index contributed by atoms with van der Waals surface area (Å²) in [4.78, 5) is 21.4. The zero-order valence-electron chi connectivity index (χ0n) is 7.32. The van der Waals surface area contributed by atoms with E-state index >= 15 is 0 Å². The third-order valence-electron chi connectivity index (χ3n) is 1.68. The van der Waals surface area contributed by atoms with Crippen molar-refractivity contribution in [3.05, 3.63) is 29.8 Å². The van der Waals surface area contributed by atoms with Gasteiger partial charge in [-0.1, -0.05) is 12.1 Å². The second-order valence-electron chi connectivity index (χ2n) is 2.49. The summed E-state index contributed by atoms with van der Waals surface area (Å²) >= 11 is 0. The summed E-state index contributed by atoms with van der Waals surface area (Å²) in [6.07, 6.45) is 0.495. The van der Waals surface area contributed by atoms with Crippen LogP contribution >= 0.6 is 0 Å². The SMILES string of the molecule is COc1ccccc1C(=O)CC=O. The highest BCUT2D eigenvalue weighted by Crippen LogP contribution is 2.18. The second-order valence-corrected chi connectivity index (χ2v) is 2.49. The molecule has 0 fully saturated rings. The van der Waals surface area contributed by atoms with Crippen LogP contribution in [0.15, 0.2) is 24.3 Å². The summed E-state index contributed by atoms with van der Waals surface area (Å²) in [7, 11) is 1.49. The number of benzene rings is 1. The summed E-state index contributed by atoms with van der Waals surface area (Å²) in [5.74, 6) is 0.293. The fraction of sp³-hybridized carbons (Fsp3) is 0.200. The van der Waals surface area contributed by atoms with Crippen LogP contribution in [0.3, 0.4) is 0 Å². The standard InChI is InChI=1S/C10H10O3/c1-13-10-5-3-2-4-8(10)9(12)6-7-11/h2-5,7H,6H2,1H3. The van der Waals surface area contributed by atoms with Gasteiger partial charge in [0.05, 0.1) is 19.1 Å². The van der Waals surface area contributed by atoms with Crippen LogP contribution in [0, 0.1) is 0 Å². The van der Waals surface area contributed by atoms with Gasteiger partial charge in [0.15, 0.2) is 5.78 Å². The minimum atomic E-state index is -0.215. The Balaban J connectivity index is 2.98. The maximum absolute atomic E-state index is 11.3. The largest absolute Gasteiger partial charge is 0.496 e. The third kappa shape index (κ3) is 2.15. The molecule has 0 aliphatic heterocycles. The van der Waals surface area contributed by atoms with Crippen LogP contribution in [-0.2, 0) is 4.79 Å². The van der Waals surface area contributed by atoms with Gasteiger partial charge in [0.25, 0.3) is 0 Å². The Morgan fingerprint density at radius 3 is 2.77 bits per heavy atom. The average Bonchev–Trinajstić information content (AvgIpc) is 2.18. The van der Waals surface area contributed by atoms with Crippen LogP contribution < -0.4 is 4.74 Å². The first-order valence-corrected chi connectivity index (χ1v) is 3.89. The van der Waals surface area contributed by atoms with Gasteiger partial charge in [-0.25, -0.2) is 0 Å². The zero-order valence-corrected chi connectivity index (χ0v) is 7.32. The molecule has 0 unspecified atom stereocenters. The number of aldehydes is 1. The molecule has 0 atom stereocenters. The van der Waals surface area contributed by atoms with E-state index in [0.29, 0.717) is 17.6 Å². The van der Waals surface area contributed by atoms with Crippen molar-refractivity contribution < 1.29 is 14.3 Å². The summed E-state index contributed by atoms with van der Waals surface area (Å²) in [5.41, 5.74) is 0.456. The lowest BCUT2D eigenvalue weighted by atomic mass is 10.1. The number of hydrogen-bond acceptors (Lipinski definition) is 3. The molecule has 0 heterocycles. The maximum Gasteiger partial charge on any atom is 0.173 e. The van der Waals surface area contributed by atoms with Crippen molar-refractivity contribution in [2.75, 3.05) is 7.11 Å². The van der Waals surface area contributed by atoms with E-state index in [9.17, 15) is 9.59 Å². The van der Waals surface area contributed by atoms with Crippen LogP contribution in [0.5, 0.6) is 5.75 Å². The molecular formula is C10H10O3. The number of rotatable bonds is 4. The Bertz CT molecular complexity index is 318. The fourth-order valence-electron chi connectivity index (χ4n) is 1.06. The monoisotopic (exact) mass is 178 g/mol. The van der Waals surface area contributed by atoms with Crippen molar-refractivity contribution in [2.24, 2.45) is 0 Å². The second kappa shape index (κ2) is 4.40. The number of carbonyl (C=O) groups excluding carboxylic acids is 2.